The maximum absolute atomic E-state index is 12.6. The number of benzene rings is 1. The molecule has 0 aromatic heterocycles. The number of carbonyl (C=O) groups excluding carboxylic acids is 1. The number of likely N-dealkylation sites (tertiary alicyclic amines) is 1. The molecule has 0 aliphatic carbocycles. The van der Waals surface area contributed by atoms with Gasteiger partial charge in [-0.3, -0.25) is 9.69 Å². The molecular formula is C22H36N2O3. The molecule has 1 amide bonds. The van der Waals surface area contributed by atoms with Gasteiger partial charge in [0, 0.05) is 19.3 Å². The molecule has 1 N–H and O–H groups in total. The van der Waals surface area contributed by atoms with E-state index in [1.807, 2.05) is 31.2 Å². The van der Waals surface area contributed by atoms with Gasteiger partial charge in [-0.05, 0) is 69.5 Å². The second kappa shape index (κ2) is 10.7. The van der Waals surface area contributed by atoms with Crippen molar-refractivity contribution in [3.8, 4) is 5.75 Å². The van der Waals surface area contributed by atoms with Crippen molar-refractivity contribution in [1.82, 2.24) is 4.90 Å². The van der Waals surface area contributed by atoms with Gasteiger partial charge in [0.2, 0.25) is 0 Å². The van der Waals surface area contributed by atoms with Gasteiger partial charge in [0.15, 0.2) is 0 Å². The van der Waals surface area contributed by atoms with Gasteiger partial charge in [-0.25, -0.2) is 0 Å². The summed E-state index contributed by atoms with van der Waals surface area (Å²) in [7, 11) is 1.59. The van der Waals surface area contributed by atoms with Crippen molar-refractivity contribution < 1.29 is 14.3 Å². The Morgan fingerprint density at radius 1 is 1.26 bits per heavy atom. The topological polar surface area (TPSA) is 50.8 Å². The Bertz CT molecular complexity index is 567. The van der Waals surface area contributed by atoms with Gasteiger partial charge < -0.3 is 14.8 Å². The van der Waals surface area contributed by atoms with Crippen LogP contribution in [0.2, 0.25) is 0 Å². The van der Waals surface area contributed by atoms with E-state index in [2.05, 4.69) is 24.1 Å². The zero-order valence-corrected chi connectivity index (χ0v) is 17.4. The molecule has 1 saturated heterocycles. The average molecular weight is 377 g/mol. The number of unbranched alkanes of at least 4 members (excludes halogenated alkanes) is 1. The molecule has 2 rings (SSSR count). The standard InChI is InChI=1S/C22H36N2O3/c1-5-6-13-22(3,26-4)21(25)23-19-7-9-20(10-8-19)27-17-16-24-14-11-18(2)12-15-24/h7-10,18H,5-6,11-17H2,1-4H3,(H,23,25). The predicted molar refractivity (Wildman–Crippen MR) is 110 cm³/mol. The Balaban J connectivity index is 1.78. The van der Waals surface area contributed by atoms with Gasteiger partial charge in [0.05, 0.1) is 0 Å². The summed E-state index contributed by atoms with van der Waals surface area (Å²) in [6.45, 7) is 10.3. The van der Waals surface area contributed by atoms with Gasteiger partial charge in [0.25, 0.3) is 5.91 Å². The number of amides is 1. The van der Waals surface area contributed by atoms with Crippen LogP contribution < -0.4 is 10.1 Å². The van der Waals surface area contributed by atoms with Crippen LogP contribution in [0, 0.1) is 5.92 Å². The second-order valence-electron chi connectivity index (χ2n) is 7.89. The van der Waals surface area contributed by atoms with Gasteiger partial charge in [-0.15, -0.1) is 0 Å². The van der Waals surface area contributed by atoms with Crippen molar-refractivity contribution in [2.24, 2.45) is 5.92 Å². The minimum Gasteiger partial charge on any atom is -0.492 e. The lowest BCUT2D eigenvalue weighted by Gasteiger charge is -2.29. The number of anilines is 1. The fourth-order valence-electron chi connectivity index (χ4n) is 3.30. The molecule has 5 heteroatoms. The number of methoxy groups -OCH3 is 1. The van der Waals surface area contributed by atoms with Crippen molar-refractivity contribution in [3.05, 3.63) is 24.3 Å². The van der Waals surface area contributed by atoms with Crippen molar-refractivity contribution in [3.63, 3.8) is 0 Å². The maximum atomic E-state index is 12.6. The highest BCUT2D eigenvalue weighted by molar-refractivity contribution is 5.97. The molecule has 0 bridgehead atoms. The monoisotopic (exact) mass is 376 g/mol. The number of rotatable bonds is 10. The SMILES string of the molecule is CCCCC(C)(OC)C(=O)Nc1ccc(OCCN2CCC(C)CC2)cc1. The summed E-state index contributed by atoms with van der Waals surface area (Å²) in [6.07, 6.45) is 5.28. The van der Waals surface area contributed by atoms with Crippen molar-refractivity contribution in [2.45, 2.75) is 58.5 Å². The van der Waals surface area contributed by atoms with E-state index in [0.29, 0.717) is 13.0 Å². The first-order chi connectivity index (χ1) is 13.0. The molecule has 0 radical (unpaired) electrons. The molecule has 1 aromatic rings. The molecule has 0 saturated carbocycles. The summed E-state index contributed by atoms with van der Waals surface area (Å²) in [5, 5.41) is 2.95. The van der Waals surface area contributed by atoms with Crippen LogP contribution in [-0.2, 0) is 9.53 Å². The number of piperidine rings is 1. The molecule has 1 aliphatic heterocycles. The predicted octanol–water partition coefficient (Wildman–Crippen LogP) is 4.33. The van der Waals surface area contributed by atoms with E-state index in [-0.39, 0.29) is 5.91 Å². The van der Waals surface area contributed by atoms with Crippen LogP contribution >= 0.6 is 0 Å². The number of hydrogen-bond donors (Lipinski definition) is 1. The fraction of sp³-hybridized carbons (Fsp3) is 0.682. The maximum Gasteiger partial charge on any atom is 0.256 e. The number of carbonyl (C=O) groups is 1. The largest absolute Gasteiger partial charge is 0.492 e. The Kier molecular flexibility index (Phi) is 8.58. The van der Waals surface area contributed by atoms with Crippen LogP contribution in [0.4, 0.5) is 5.69 Å². The number of nitrogens with one attached hydrogen (secondary N) is 1. The first-order valence-electron chi connectivity index (χ1n) is 10.3. The summed E-state index contributed by atoms with van der Waals surface area (Å²) in [6, 6.07) is 7.57. The number of hydrogen-bond acceptors (Lipinski definition) is 4. The van der Waals surface area contributed by atoms with Crippen LogP contribution in [-0.4, -0.2) is 49.8 Å². The van der Waals surface area contributed by atoms with Gasteiger partial charge in [-0.1, -0.05) is 26.7 Å². The minimum absolute atomic E-state index is 0.105. The number of ether oxygens (including phenoxy) is 2. The van der Waals surface area contributed by atoms with Crippen LogP contribution in [0.5, 0.6) is 5.75 Å². The van der Waals surface area contributed by atoms with Gasteiger partial charge in [-0.2, -0.15) is 0 Å². The highest BCUT2D eigenvalue weighted by atomic mass is 16.5. The van der Waals surface area contributed by atoms with Gasteiger partial charge in [0.1, 0.15) is 18.0 Å². The molecule has 1 fully saturated rings. The molecule has 1 unspecified atom stereocenters. The average Bonchev–Trinajstić information content (AvgIpc) is 2.69. The van der Waals surface area contributed by atoms with E-state index in [0.717, 1.165) is 36.7 Å². The zero-order chi connectivity index (χ0) is 19.7. The summed E-state index contributed by atoms with van der Waals surface area (Å²) >= 11 is 0. The molecule has 152 valence electrons. The lowest BCUT2D eigenvalue weighted by molar-refractivity contribution is -0.136. The Morgan fingerprint density at radius 3 is 2.52 bits per heavy atom. The molecule has 1 aliphatic rings. The van der Waals surface area contributed by atoms with Crippen molar-refractivity contribution >= 4 is 11.6 Å². The van der Waals surface area contributed by atoms with E-state index in [4.69, 9.17) is 9.47 Å². The van der Waals surface area contributed by atoms with Crippen molar-refractivity contribution in [1.29, 1.82) is 0 Å². The van der Waals surface area contributed by atoms with Gasteiger partial charge >= 0.3 is 0 Å². The Hall–Kier alpha value is -1.59. The summed E-state index contributed by atoms with van der Waals surface area (Å²) < 4.78 is 11.3. The minimum atomic E-state index is -0.795. The summed E-state index contributed by atoms with van der Waals surface area (Å²) in [4.78, 5) is 15.0. The lowest BCUT2D eigenvalue weighted by Crippen LogP contribution is -2.41. The molecule has 5 nitrogen and oxygen atoms in total. The van der Waals surface area contributed by atoms with Crippen LogP contribution in [0.15, 0.2) is 24.3 Å². The highest BCUT2D eigenvalue weighted by Crippen LogP contribution is 2.22. The smallest absolute Gasteiger partial charge is 0.256 e. The Labute approximate surface area is 164 Å². The van der Waals surface area contributed by atoms with Crippen molar-refractivity contribution in [2.75, 3.05) is 38.7 Å². The fourth-order valence-corrected chi connectivity index (χ4v) is 3.30. The van der Waals surface area contributed by atoms with E-state index in [1.165, 1.54) is 25.9 Å². The summed E-state index contributed by atoms with van der Waals surface area (Å²) in [5.74, 6) is 1.58. The normalized spacial score (nSPS) is 18.1. The third-order valence-electron chi connectivity index (χ3n) is 5.60. The molecule has 1 aromatic carbocycles. The second-order valence-corrected chi connectivity index (χ2v) is 7.89. The van der Waals surface area contributed by atoms with E-state index >= 15 is 0 Å². The third-order valence-corrected chi connectivity index (χ3v) is 5.60. The van der Waals surface area contributed by atoms with Crippen LogP contribution in [0.25, 0.3) is 0 Å². The first-order valence-corrected chi connectivity index (χ1v) is 10.3. The molecule has 0 spiro atoms. The quantitative estimate of drug-likeness (QED) is 0.660. The zero-order valence-electron chi connectivity index (χ0n) is 17.4. The Morgan fingerprint density at radius 2 is 1.93 bits per heavy atom. The molecular weight excluding hydrogens is 340 g/mol. The molecule has 1 atom stereocenters. The third kappa shape index (κ3) is 6.82. The van der Waals surface area contributed by atoms with E-state index in [1.54, 1.807) is 7.11 Å². The number of nitrogens with zero attached hydrogens (tertiary/aromatic N) is 1. The highest BCUT2D eigenvalue weighted by Gasteiger charge is 2.32. The van der Waals surface area contributed by atoms with Crippen LogP contribution in [0.1, 0.15) is 52.9 Å². The lowest BCUT2D eigenvalue weighted by atomic mass is 9.97. The molecule has 27 heavy (non-hydrogen) atoms. The van der Waals surface area contributed by atoms with E-state index < -0.39 is 5.60 Å². The summed E-state index contributed by atoms with van der Waals surface area (Å²) in [5.41, 5.74) is -0.0333. The molecule has 1 heterocycles. The van der Waals surface area contributed by atoms with Crippen LogP contribution in [0.3, 0.4) is 0 Å². The first kappa shape index (κ1) is 21.7. The van der Waals surface area contributed by atoms with E-state index in [9.17, 15) is 4.79 Å².